The molecule has 0 aliphatic heterocycles. The molecule has 0 saturated heterocycles. The van der Waals surface area contributed by atoms with Gasteiger partial charge in [-0.2, -0.15) is 26.3 Å². The smallest absolute Gasteiger partial charge is 0.365 e. The highest BCUT2D eigenvalue weighted by Crippen LogP contribution is 2.29. The van der Waals surface area contributed by atoms with Gasteiger partial charge in [-0.3, -0.25) is 15.0 Å². The van der Waals surface area contributed by atoms with Crippen LogP contribution in [0, 0.1) is 11.3 Å². The van der Waals surface area contributed by atoms with Gasteiger partial charge in [0.1, 0.15) is 11.8 Å². The van der Waals surface area contributed by atoms with Gasteiger partial charge in [-0.1, -0.05) is 12.1 Å². The second kappa shape index (κ2) is 7.85. The van der Waals surface area contributed by atoms with Gasteiger partial charge in [0.15, 0.2) is 5.78 Å². The van der Waals surface area contributed by atoms with Gasteiger partial charge >= 0.3 is 12.4 Å². The first-order valence-corrected chi connectivity index (χ1v) is 7.15. The fourth-order valence-electron chi connectivity index (χ4n) is 1.93. The highest BCUT2D eigenvalue weighted by Gasteiger charge is 2.37. The van der Waals surface area contributed by atoms with Gasteiger partial charge in [0, 0.05) is 12.1 Å². The molecule has 0 heterocycles. The van der Waals surface area contributed by atoms with Gasteiger partial charge in [-0.25, -0.2) is 0 Å². The van der Waals surface area contributed by atoms with Crippen LogP contribution in [-0.4, -0.2) is 36.2 Å². The average Bonchev–Trinajstić information content (AvgIpc) is 2.52. The maximum atomic E-state index is 12.5. The Kier molecular flexibility index (Phi) is 6.53. The van der Waals surface area contributed by atoms with Crippen LogP contribution in [-0.2, 0) is 11.0 Å². The van der Waals surface area contributed by atoms with E-state index in [-0.39, 0.29) is 5.56 Å². The third kappa shape index (κ3) is 5.55. The number of rotatable bonds is 7. The van der Waals surface area contributed by atoms with Crippen LogP contribution >= 0.6 is 0 Å². The Balaban J connectivity index is 3.05. The predicted octanol–water partition coefficient (Wildman–Crippen LogP) is 2.55. The third-order valence-corrected chi connectivity index (χ3v) is 3.55. The van der Waals surface area contributed by atoms with Crippen LogP contribution in [0.5, 0.6) is 0 Å². The van der Waals surface area contributed by atoms with Crippen molar-refractivity contribution in [2.24, 2.45) is 11.7 Å². The molecule has 0 fully saturated rings. The molecule has 26 heavy (non-hydrogen) atoms. The monoisotopic (exact) mass is 383 g/mol. The van der Waals surface area contributed by atoms with E-state index >= 15 is 0 Å². The molecule has 0 aromatic heterocycles. The molecule has 0 spiro atoms. The molecule has 1 aromatic rings. The predicted molar refractivity (Wildman–Crippen MR) is 79.7 cm³/mol. The van der Waals surface area contributed by atoms with Crippen molar-refractivity contribution in [3.8, 4) is 0 Å². The topological polar surface area (TPSA) is 96.0 Å². The summed E-state index contributed by atoms with van der Waals surface area (Å²) in [6.45, 7) is 0.0376. The summed E-state index contributed by atoms with van der Waals surface area (Å²) in [5.41, 5.74) is 2.64. The number of amides is 1. The molecule has 0 bridgehead atoms. The van der Waals surface area contributed by atoms with E-state index in [9.17, 15) is 35.9 Å². The number of hydrogen-bond donors (Lipinski definition) is 3. The normalized spacial score (nSPS) is 14.6. The van der Waals surface area contributed by atoms with E-state index in [1.807, 2.05) is 5.32 Å². The van der Waals surface area contributed by atoms with Gasteiger partial charge in [0.05, 0.1) is 11.5 Å². The Morgan fingerprint density at radius 3 is 2.00 bits per heavy atom. The van der Waals surface area contributed by atoms with Crippen molar-refractivity contribution in [1.29, 1.82) is 5.41 Å². The summed E-state index contributed by atoms with van der Waals surface area (Å²) >= 11 is 0. The SMILES string of the molecule is CC(NCC(C(=N)C(N)=O)C(=O)c1ccc(C(F)(F)F)cc1)C(F)(F)F. The van der Waals surface area contributed by atoms with Crippen LogP contribution in [0.1, 0.15) is 22.8 Å². The minimum atomic E-state index is -4.63. The van der Waals surface area contributed by atoms with Gasteiger partial charge in [0.25, 0.3) is 5.91 Å². The number of benzene rings is 1. The zero-order valence-electron chi connectivity index (χ0n) is 13.3. The zero-order valence-corrected chi connectivity index (χ0v) is 13.3. The zero-order chi connectivity index (χ0) is 20.3. The Labute approximate surface area is 144 Å². The molecular weight excluding hydrogens is 368 g/mol. The maximum Gasteiger partial charge on any atom is 0.416 e. The Bertz CT molecular complexity index is 682. The van der Waals surface area contributed by atoms with Crippen molar-refractivity contribution in [2.75, 3.05) is 6.54 Å². The molecule has 1 aromatic carbocycles. The summed E-state index contributed by atoms with van der Waals surface area (Å²) in [5.74, 6) is -3.99. The van der Waals surface area contributed by atoms with E-state index in [1.54, 1.807) is 0 Å². The largest absolute Gasteiger partial charge is 0.416 e. The number of hydrogen-bond acceptors (Lipinski definition) is 4. The number of halogens is 6. The highest BCUT2D eigenvalue weighted by molar-refractivity contribution is 6.42. The van der Waals surface area contributed by atoms with Crippen molar-refractivity contribution in [2.45, 2.75) is 25.3 Å². The number of Topliss-reactive ketones (excluding diaryl/α,β-unsaturated/α-hetero) is 1. The van der Waals surface area contributed by atoms with Crippen LogP contribution in [0.25, 0.3) is 0 Å². The lowest BCUT2D eigenvalue weighted by atomic mass is 9.91. The standard InChI is InChI=1S/C15H15F6N3O2/c1-7(14(16,17)18)24-6-10(11(22)13(23)26)12(25)8-2-4-9(5-3-8)15(19,20)21/h2-5,7,10,22,24H,6H2,1H3,(H2,23,26). The highest BCUT2D eigenvalue weighted by atomic mass is 19.4. The summed E-state index contributed by atoms with van der Waals surface area (Å²) in [6, 6.07) is 0.832. The number of alkyl halides is 6. The summed E-state index contributed by atoms with van der Waals surface area (Å²) < 4.78 is 75.2. The van der Waals surface area contributed by atoms with E-state index in [4.69, 9.17) is 11.1 Å². The van der Waals surface area contributed by atoms with Crippen LogP contribution in [0.2, 0.25) is 0 Å². The number of nitrogens with one attached hydrogen (secondary N) is 2. The molecule has 1 amide bonds. The van der Waals surface area contributed by atoms with E-state index in [1.165, 1.54) is 0 Å². The molecule has 1 rings (SSSR count). The number of primary amides is 1. The van der Waals surface area contributed by atoms with E-state index in [0.717, 1.165) is 19.1 Å². The third-order valence-electron chi connectivity index (χ3n) is 3.55. The van der Waals surface area contributed by atoms with Gasteiger partial charge in [-0.05, 0) is 19.1 Å². The summed E-state index contributed by atoms with van der Waals surface area (Å²) in [7, 11) is 0. The van der Waals surface area contributed by atoms with Crippen molar-refractivity contribution in [1.82, 2.24) is 5.32 Å². The molecule has 0 aliphatic rings. The second-order valence-corrected chi connectivity index (χ2v) is 5.44. The fourth-order valence-corrected chi connectivity index (χ4v) is 1.93. The second-order valence-electron chi connectivity index (χ2n) is 5.44. The number of ketones is 1. The van der Waals surface area contributed by atoms with Crippen LogP contribution < -0.4 is 11.1 Å². The molecule has 0 saturated carbocycles. The summed E-state index contributed by atoms with van der Waals surface area (Å²) in [4.78, 5) is 23.5. The molecule has 0 aliphatic carbocycles. The first-order valence-electron chi connectivity index (χ1n) is 7.15. The van der Waals surface area contributed by atoms with Gasteiger partial charge in [-0.15, -0.1) is 0 Å². The van der Waals surface area contributed by atoms with Crippen LogP contribution in [0.15, 0.2) is 24.3 Å². The van der Waals surface area contributed by atoms with Crippen molar-refractivity contribution in [3.05, 3.63) is 35.4 Å². The molecule has 2 atom stereocenters. The molecule has 11 heteroatoms. The lowest BCUT2D eigenvalue weighted by Gasteiger charge is -2.21. The quantitative estimate of drug-likeness (QED) is 0.384. The van der Waals surface area contributed by atoms with Crippen molar-refractivity contribution < 1.29 is 35.9 Å². The van der Waals surface area contributed by atoms with Crippen LogP contribution in [0.3, 0.4) is 0 Å². The van der Waals surface area contributed by atoms with E-state index in [0.29, 0.717) is 12.1 Å². The van der Waals surface area contributed by atoms with Crippen LogP contribution in [0.4, 0.5) is 26.3 Å². The number of nitrogens with two attached hydrogens (primary N) is 1. The maximum absolute atomic E-state index is 12.5. The van der Waals surface area contributed by atoms with Crippen molar-refractivity contribution in [3.63, 3.8) is 0 Å². The van der Waals surface area contributed by atoms with E-state index in [2.05, 4.69) is 0 Å². The summed E-state index contributed by atoms with van der Waals surface area (Å²) in [6.07, 6.45) is -9.26. The van der Waals surface area contributed by atoms with E-state index < -0.39 is 53.8 Å². The Morgan fingerprint density at radius 2 is 1.62 bits per heavy atom. The minimum absolute atomic E-state index is 0.296. The molecule has 5 nitrogen and oxygen atoms in total. The number of carbonyl (C=O) groups is 2. The number of carbonyl (C=O) groups excluding carboxylic acids is 2. The Hall–Kier alpha value is -2.43. The molecule has 4 N–H and O–H groups in total. The average molecular weight is 383 g/mol. The molecule has 144 valence electrons. The molecular formula is C15H15F6N3O2. The summed E-state index contributed by atoms with van der Waals surface area (Å²) in [5, 5.41) is 9.50. The Morgan fingerprint density at radius 1 is 1.12 bits per heavy atom. The molecule has 2 unspecified atom stereocenters. The lowest BCUT2D eigenvalue weighted by Crippen LogP contribution is -2.46. The fraction of sp³-hybridized carbons (Fsp3) is 0.400. The first-order chi connectivity index (χ1) is 11.7. The first kappa shape index (κ1) is 21.6. The van der Waals surface area contributed by atoms with Gasteiger partial charge < -0.3 is 11.1 Å². The van der Waals surface area contributed by atoms with Crippen molar-refractivity contribution >= 4 is 17.4 Å². The van der Waals surface area contributed by atoms with Gasteiger partial charge in [0.2, 0.25) is 0 Å². The molecule has 0 radical (unpaired) electrons. The lowest BCUT2D eigenvalue weighted by molar-refractivity contribution is -0.151. The minimum Gasteiger partial charge on any atom is -0.365 e.